The van der Waals surface area contributed by atoms with Crippen molar-refractivity contribution in [1.29, 1.82) is 0 Å². The second kappa shape index (κ2) is 7.11. The van der Waals surface area contributed by atoms with Crippen LogP contribution in [0.1, 0.15) is 42.9 Å². The van der Waals surface area contributed by atoms with Crippen molar-refractivity contribution in [3.8, 4) is 0 Å². The summed E-state index contributed by atoms with van der Waals surface area (Å²) in [6.45, 7) is 3.76. The maximum atomic E-state index is 13.7. The zero-order valence-electron chi connectivity index (χ0n) is 12.0. The Morgan fingerprint density at radius 3 is 2.62 bits per heavy atom. The van der Waals surface area contributed by atoms with Crippen molar-refractivity contribution in [1.82, 2.24) is 5.32 Å². The summed E-state index contributed by atoms with van der Waals surface area (Å²) < 4.78 is 26.6. The Bertz CT molecular complexity index is 574. The van der Waals surface area contributed by atoms with E-state index < -0.39 is 17.7 Å². The molecule has 0 bridgehead atoms. The average Bonchev–Trinajstić information content (AvgIpc) is 2.91. The summed E-state index contributed by atoms with van der Waals surface area (Å²) in [4.78, 5) is 0.921. The van der Waals surface area contributed by atoms with E-state index in [9.17, 15) is 13.9 Å². The van der Waals surface area contributed by atoms with Gasteiger partial charge in [-0.2, -0.15) is 0 Å². The SMILES string of the molecule is CC(CC(O)c1cccs1)NC(C)c1ccc(F)cc1F. The smallest absolute Gasteiger partial charge is 0.130 e. The van der Waals surface area contributed by atoms with Crippen molar-refractivity contribution >= 4 is 11.3 Å². The first-order chi connectivity index (χ1) is 9.97. The van der Waals surface area contributed by atoms with Gasteiger partial charge in [0, 0.05) is 28.6 Å². The molecule has 114 valence electrons. The molecule has 2 rings (SSSR count). The molecule has 0 saturated carbocycles. The number of hydrogen-bond acceptors (Lipinski definition) is 3. The Morgan fingerprint density at radius 1 is 1.24 bits per heavy atom. The third kappa shape index (κ3) is 4.33. The van der Waals surface area contributed by atoms with Gasteiger partial charge in [0.1, 0.15) is 11.6 Å². The number of hydrogen-bond donors (Lipinski definition) is 2. The van der Waals surface area contributed by atoms with Crippen LogP contribution < -0.4 is 5.32 Å². The van der Waals surface area contributed by atoms with Gasteiger partial charge in [0.15, 0.2) is 0 Å². The number of benzene rings is 1. The second-order valence-corrected chi connectivity index (χ2v) is 6.20. The van der Waals surface area contributed by atoms with Gasteiger partial charge < -0.3 is 10.4 Å². The minimum atomic E-state index is -0.579. The first-order valence-electron chi connectivity index (χ1n) is 6.90. The normalized spacial score (nSPS) is 15.7. The number of nitrogens with one attached hydrogen (secondary N) is 1. The fraction of sp³-hybridized carbons (Fsp3) is 0.375. The molecule has 3 unspecified atom stereocenters. The lowest BCUT2D eigenvalue weighted by Crippen LogP contribution is -2.30. The number of aliphatic hydroxyl groups excluding tert-OH is 1. The van der Waals surface area contributed by atoms with Crippen LogP contribution in [-0.2, 0) is 0 Å². The van der Waals surface area contributed by atoms with Gasteiger partial charge >= 0.3 is 0 Å². The van der Waals surface area contributed by atoms with Crippen LogP contribution in [0.25, 0.3) is 0 Å². The van der Waals surface area contributed by atoms with Gasteiger partial charge in [-0.3, -0.25) is 0 Å². The Balaban J connectivity index is 1.94. The number of thiophene rings is 1. The zero-order valence-corrected chi connectivity index (χ0v) is 12.8. The maximum absolute atomic E-state index is 13.7. The largest absolute Gasteiger partial charge is 0.388 e. The Kier molecular flexibility index (Phi) is 5.45. The van der Waals surface area contributed by atoms with Crippen molar-refractivity contribution < 1.29 is 13.9 Å². The van der Waals surface area contributed by atoms with Crippen molar-refractivity contribution in [3.63, 3.8) is 0 Å². The topological polar surface area (TPSA) is 32.3 Å². The van der Waals surface area contributed by atoms with Crippen LogP contribution in [-0.4, -0.2) is 11.1 Å². The van der Waals surface area contributed by atoms with Crippen molar-refractivity contribution in [2.75, 3.05) is 0 Å². The molecular weight excluding hydrogens is 292 g/mol. The molecule has 5 heteroatoms. The van der Waals surface area contributed by atoms with Gasteiger partial charge in [-0.15, -0.1) is 11.3 Å². The van der Waals surface area contributed by atoms with Gasteiger partial charge in [0.25, 0.3) is 0 Å². The standard InChI is InChI=1S/C16H19F2NOS/c1-10(8-15(20)16-4-3-7-21-16)19-11(2)13-6-5-12(17)9-14(13)18/h3-7,9-11,15,19-20H,8H2,1-2H3. The predicted octanol–water partition coefficient (Wildman–Crippen LogP) is 4.19. The van der Waals surface area contributed by atoms with Crippen LogP contribution in [0.5, 0.6) is 0 Å². The van der Waals surface area contributed by atoms with Crippen LogP contribution in [0.3, 0.4) is 0 Å². The van der Waals surface area contributed by atoms with Gasteiger partial charge in [0.05, 0.1) is 6.10 Å². The molecule has 1 aromatic carbocycles. The fourth-order valence-electron chi connectivity index (χ4n) is 2.37. The van der Waals surface area contributed by atoms with Crippen LogP contribution in [0, 0.1) is 11.6 Å². The molecule has 0 saturated heterocycles. The van der Waals surface area contributed by atoms with E-state index >= 15 is 0 Å². The first kappa shape index (κ1) is 16.1. The molecule has 2 aromatic rings. The highest BCUT2D eigenvalue weighted by Gasteiger charge is 2.17. The monoisotopic (exact) mass is 311 g/mol. The Labute approximate surface area is 127 Å². The maximum Gasteiger partial charge on any atom is 0.130 e. The molecular formula is C16H19F2NOS. The van der Waals surface area contributed by atoms with Crippen LogP contribution in [0.4, 0.5) is 8.78 Å². The van der Waals surface area contributed by atoms with E-state index in [0.29, 0.717) is 12.0 Å². The van der Waals surface area contributed by atoms with Crippen molar-refractivity contribution in [2.24, 2.45) is 0 Å². The molecule has 0 radical (unpaired) electrons. The lowest BCUT2D eigenvalue weighted by Gasteiger charge is -2.22. The van der Waals surface area contributed by atoms with Gasteiger partial charge in [0.2, 0.25) is 0 Å². The van der Waals surface area contributed by atoms with E-state index in [1.807, 2.05) is 31.4 Å². The molecule has 2 N–H and O–H groups in total. The predicted molar refractivity (Wildman–Crippen MR) is 81.3 cm³/mol. The quantitative estimate of drug-likeness (QED) is 0.838. The highest BCUT2D eigenvalue weighted by molar-refractivity contribution is 7.10. The fourth-order valence-corrected chi connectivity index (χ4v) is 3.09. The summed E-state index contributed by atoms with van der Waals surface area (Å²) in [5, 5.41) is 15.3. The summed E-state index contributed by atoms with van der Waals surface area (Å²) in [5.41, 5.74) is 0.425. The first-order valence-corrected chi connectivity index (χ1v) is 7.77. The summed E-state index contributed by atoms with van der Waals surface area (Å²) >= 11 is 1.51. The molecule has 1 heterocycles. The van der Waals surface area contributed by atoms with E-state index in [1.165, 1.54) is 23.5 Å². The van der Waals surface area contributed by atoms with E-state index in [0.717, 1.165) is 10.9 Å². The second-order valence-electron chi connectivity index (χ2n) is 5.22. The van der Waals surface area contributed by atoms with Gasteiger partial charge in [-0.1, -0.05) is 12.1 Å². The molecule has 0 amide bonds. The molecule has 0 aliphatic carbocycles. The average molecular weight is 311 g/mol. The number of rotatable bonds is 6. The molecule has 0 fully saturated rings. The molecule has 0 aliphatic heterocycles. The third-order valence-corrected chi connectivity index (χ3v) is 4.39. The van der Waals surface area contributed by atoms with E-state index in [-0.39, 0.29) is 12.1 Å². The minimum absolute atomic E-state index is 0.00144. The van der Waals surface area contributed by atoms with Crippen LogP contribution >= 0.6 is 11.3 Å². The lowest BCUT2D eigenvalue weighted by atomic mass is 10.0. The van der Waals surface area contributed by atoms with Crippen molar-refractivity contribution in [3.05, 3.63) is 57.8 Å². The van der Waals surface area contributed by atoms with Crippen LogP contribution in [0.15, 0.2) is 35.7 Å². The highest BCUT2D eigenvalue weighted by Crippen LogP contribution is 2.24. The summed E-state index contributed by atoms with van der Waals surface area (Å²) in [7, 11) is 0. The molecule has 3 atom stereocenters. The van der Waals surface area contributed by atoms with Gasteiger partial charge in [-0.05, 0) is 37.8 Å². The third-order valence-electron chi connectivity index (χ3n) is 3.41. The number of aliphatic hydroxyl groups is 1. The molecule has 0 spiro atoms. The summed E-state index contributed by atoms with van der Waals surface area (Å²) in [6.07, 6.45) is 0.00554. The molecule has 1 aromatic heterocycles. The Morgan fingerprint density at radius 2 is 2.00 bits per heavy atom. The Hall–Kier alpha value is -1.30. The van der Waals surface area contributed by atoms with Crippen LogP contribution in [0.2, 0.25) is 0 Å². The van der Waals surface area contributed by atoms with E-state index in [1.54, 1.807) is 0 Å². The molecule has 21 heavy (non-hydrogen) atoms. The zero-order chi connectivity index (χ0) is 15.4. The minimum Gasteiger partial charge on any atom is -0.388 e. The highest BCUT2D eigenvalue weighted by atomic mass is 32.1. The summed E-state index contributed by atoms with van der Waals surface area (Å²) in [6, 6.07) is 7.13. The van der Waals surface area contributed by atoms with Gasteiger partial charge in [-0.25, -0.2) is 8.78 Å². The lowest BCUT2D eigenvalue weighted by molar-refractivity contribution is 0.155. The molecule has 2 nitrogen and oxygen atoms in total. The summed E-state index contributed by atoms with van der Waals surface area (Å²) in [5.74, 6) is -1.13. The van der Waals surface area contributed by atoms with Crippen molar-refractivity contribution in [2.45, 2.75) is 38.5 Å². The van der Waals surface area contributed by atoms with E-state index in [4.69, 9.17) is 0 Å². The molecule has 0 aliphatic rings. The van der Waals surface area contributed by atoms with E-state index in [2.05, 4.69) is 5.32 Å². The number of halogens is 2.